The normalized spacial score (nSPS) is 33.9. The van der Waals surface area contributed by atoms with E-state index in [1.54, 1.807) is 16.7 Å². The molecule has 0 radical (unpaired) electrons. The van der Waals surface area contributed by atoms with Gasteiger partial charge >= 0.3 is 0 Å². The second-order valence-corrected chi connectivity index (χ2v) is 3.70. The van der Waals surface area contributed by atoms with Gasteiger partial charge in [-0.05, 0) is 11.8 Å². The molecule has 0 spiro atoms. The number of carbonyl (C=O) groups is 1. The summed E-state index contributed by atoms with van der Waals surface area (Å²) in [6.07, 6.45) is 2.42. The minimum atomic E-state index is 0.0556. The molecule has 0 aromatic heterocycles. The van der Waals surface area contributed by atoms with Crippen molar-refractivity contribution in [2.75, 3.05) is 6.61 Å². The number of nitrogens with zero attached hydrogens (tertiary/aromatic N) is 1. The van der Waals surface area contributed by atoms with Gasteiger partial charge in [0.05, 0.1) is 11.3 Å². The number of β-lactam (4-membered cyclic amide) rings is 1. The summed E-state index contributed by atoms with van der Waals surface area (Å²) in [7, 11) is 0. The summed E-state index contributed by atoms with van der Waals surface area (Å²) in [4.78, 5) is 12.9. The predicted molar refractivity (Wildman–Crippen MR) is 42.6 cm³/mol. The first kappa shape index (κ1) is 7.18. The summed E-state index contributed by atoms with van der Waals surface area (Å²) < 4.78 is 0. The van der Waals surface area contributed by atoms with Crippen LogP contribution in [0.3, 0.4) is 0 Å². The van der Waals surface area contributed by atoms with Gasteiger partial charge in [0.15, 0.2) is 0 Å². The van der Waals surface area contributed by atoms with Crippen molar-refractivity contribution >= 4 is 17.7 Å². The Kier molecular flexibility index (Phi) is 1.65. The Labute approximate surface area is 69.1 Å². The number of aliphatic hydroxyl groups is 1. The third-order valence-corrected chi connectivity index (χ3v) is 3.18. The first-order valence-electron chi connectivity index (χ1n) is 3.60. The Morgan fingerprint density at radius 1 is 1.73 bits per heavy atom. The molecule has 2 aliphatic rings. The molecule has 0 aromatic rings. The van der Waals surface area contributed by atoms with Gasteiger partial charge in [0, 0.05) is 12.8 Å². The molecule has 4 heteroatoms. The van der Waals surface area contributed by atoms with Crippen molar-refractivity contribution in [3.8, 4) is 0 Å². The molecule has 2 atom stereocenters. The molecule has 1 amide bonds. The Morgan fingerprint density at radius 2 is 2.55 bits per heavy atom. The van der Waals surface area contributed by atoms with Gasteiger partial charge in [0.2, 0.25) is 5.91 Å². The summed E-state index contributed by atoms with van der Waals surface area (Å²) in [5.74, 6) is 0.213. The van der Waals surface area contributed by atoms with E-state index in [1.807, 2.05) is 11.6 Å². The average molecular weight is 171 g/mol. The molecule has 0 aliphatic carbocycles. The molecule has 0 aromatic carbocycles. The van der Waals surface area contributed by atoms with E-state index in [-0.39, 0.29) is 23.8 Å². The third-order valence-electron chi connectivity index (χ3n) is 2.07. The molecule has 0 saturated carbocycles. The van der Waals surface area contributed by atoms with Crippen LogP contribution in [0.25, 0.3) is 0 Å². The second kappa shape index (κ2) is 2.53. The molecule has 60 valence electrons. The number of aliphatic hydroxyl groups excluding tert-OH is 1. The van der Waals surface area contributed by atoms with Crippen LogP contribution in [0.15, 0.2) is 11.6 Å². The van der Waals surface area contributed by atoms with Gasteiger partial charge in [-0.15, -0.1) is 11.8 Å². The van der Waals surface area contributed by atoms with E-state index in [4.69, 9.17) is 5.11 Å². The van der Waals surface area contributed by atoms with Crippen LogP contribution in [0.2, 0.25) is 0 Å². The van der Waals surface area contributed by atoms with Crippen molar-refractivity contribution < 1.29 is 9.90 Å². The molecule has 0 bridgehead atoms. The van der Waals surface area contributed by atoms with Crippen LogP contribution in [-0.2, 0) is 4.79 Å². The Balaban J connectivity index is 2.01. The zero-order valence-corrected chi connectivity index (χ0v) is 6.75. The fourth-order valence-electron chi connectivity index (χ4n) is 1.46. The molecule has 1 fully saturated rings. The molecule has 2 aliphatic heterocycles. The van der Waals surface area contributed by atoms with E-state index < -0.39 is 0 Å². The molecule has 2 rings (SSSR count). The number of rotatable bonds is 2. The summed E-state index contributed by atoms with van der Waals surface area (Å²) in [5.41, 5.74) is 0. The average Bonchev–Trinajstić information content (AvgIpc) is 2.44. The van der Waals surface area contributed by atoms with Crippen molar-refractivity contribution in [1.82, 2.24) is 4.90 Å². The Bertz CT molecular complexity index is 216. The largest absolute Gasteiger partial charge is 0.396 e. The highest BCUT2D eigenvalue weighted by Crippen LogP contribution is 2.42. The quantitative estimate of drug-likeness (QED) is 0.610. The number of hydrogen-bond acceptors (Lipinski definition) is 3. The lowest BCUT2D eigenvalue weighted by Gasteiger charge is -2.40. The van der Waals surface area contributed by atoms with Crippen molar-refractivity contribution in [3.63, 3.8) is 0 Å². The lowest BCUT2D eigenvalue weighted by atomic mass is 9.96. The van der Waals surface area contributed by atoms with Crippen LogP contribution in [0.1, 0.15) is 6.42 Å². The van der Waals surface area contributed by atoms with Crippen molar-refractivity contribution in [1.29, 1.82) is 0 Å². The van der Waals surface area contributed by atoms with E-state index in [9.17, 15) is 4.79 Å². The van der Waals surface area contributed by atoms with Crippen LogP contribution in [0.5, 0.6) is 0 Å². The zero-order valence-electron chi connectivity index (χ0n) is 5.93. The number of amides is 1. The molecule has 2 heterocycles. The van der Waals surface area contributed by atoms with Crippen molar-refractivity contribution in [2.24, 2.45) is 5.92 Å². The van der Waals surface area contributed by atoms with E-state index in [0.717, 1.165) is 0 Å². The van der Waals surface area contributed by atoms with Gasteiger partial charge in [-0.25, -0.2) is 0 Å². The fraction of sp³-hybridized carbons (Fsp3) is 0.571. The summed E-state index contributed by atoms with van der Waals surface area (Å²) in [5, 5.41) is 10.9. The van der Waals surface area contributed by atoms with Crippen molar-refractivity contribution in [3.05, 3.63) is 11.6 Å². The molecular formula is C7H9NO2S. The number of fused-ring (bicyclic) bond motifs is 1. The maximum absolute atomic E-state index is 11.2. The molecule has 3 nitrogen and oxygen atoms in total. The van der Waals surface area contributed by atoms with Crippen LogP contribution >= 0.6 is 11.8 Å². The minimum absolute atomic E-state index is 0.0556. The Hall–Kier alpha value is -0.480. The van der Waals surface area contributed by atoms with Crippen LogP contribution < -0.4 is 0 Å². The molecule has 11 heavy (non-hydrogen) atoms. The smallest absolute Gasteiger partial charge is 0.233 e. The Morgan fingerprint density at radius 3 is 3.27 bits per heavy atom. The van der Waals surface area contributed by atoms with Gasteiger partial charge in [0.1, 0.15) is 0 Å². The number of thioether (sulfide) groups is 1. The van der Waals surface area contributed by atoms with E-state index in [1.165, 1.54) is 0 Å². The summed E-state index contributed by atoms with van der Waals surface area (Å²) >= 11 is 1.66. The van der Waals surface area contributed by atoms with E-state index in [0.29, 0.717) is 6.42 Å². The molecule has 1 saturated heterocycles. The van der Waals surface area contributed by atoms with Crippen LogP contribution in [-0.4, -0.2) is 27.9 Å². The first-order chi connectivity index (χ1) is 5.34. The lowest BCUT2D eigenvalue weighted by Crippen LogP contribution is -2.54. The lowest BCUT2D eigenvalue weighted by molar-refractivity contribution is -0.146. The van der Waals surface area contributed by atoms with E-state index >= 15 is 0 Å². The summed E-state index contributed by atoms with van der Waals surface area (Å²) in [6, 6.07) is 0. The maximum atomic E-state index is 11.2. The standard InChI is InChI=1S/C7H9NO2S/c9-3-1-5-6(10)8-2-4-11-7(5)8/h2,4-5,7,9H,1,3H2/t5?,7-/m0/s1. The summed E-state index contributed by atoms with van der Waals surface area (Å²) in [6.45, 7) is 0.112. The van der Waals surface area contributed by atoms with Crippen LogP contribution in [0.4, 0.5) is 0 Å². The number of carbonyl (C=O) groups excluding carboxylic acids is 1. The SMILES string of the molecule is O=C1C(CCO)[C@@H]2SC=CN12. The fourth-order valence-corrected chi connectivity index (χ4v) is 2.57. The van der Waals surface area contributed by atoms with Gasteiger partial charge in [-0.3, -0.25) is 4.79 Å². The maximum Gasteiger partial charge on any atom is 0.233 e. The topological polar surface area (TPSA) is 40.5 Å². The second-order valence-electron chi connectivity index (χ2n) is 2.68. The zero-order chi connectivity index (χ0) is 7.84. The number of hydrogen-bond donors (Lipinski definition) is 1. The molecule has 1 N–H and O–H groups in total. The highest BCUT2D eigenvalue weighted by atomic mass is 32.2. The highest BCUT2D eigenvalue weighted by molar-refractivity contribution is 8.03. The monoisotopic (exact) mass is 171 g/mol. The molecule has 1 unspecified atom stereocenters. The van der Waals surface area contributed by atoms with E-state index in [2.05, 4.69) is 0 Å². The van der Waals surface area contributed by atoms with Crippen LogP contribution in [0, 0.1) is 5.92 Å². The third kappa shape index (κ3) is 0.895. The minimum Gasteiger partial charge on any atom is -0.396 e. The van der Waals surface area contributed by atoms with Gasteiger partial charge in [-0.1, -0.05) is 0 Å². The van der Waals surface area contributed by atoms with Gasteiger partial charge < -0.3 is 10.0 Å². The van der Waals surface area contributed by atoms with Gasteiger partial charge in [-0.2, -0.15) is 0 Å². The predicted octanol–water partition coefficient (Wildman–Crippen LogP) is 0.371. The highest BCUT2D eigenvalue weighted by Gasteiger charge is 2.47. The molecular weight excluding hydrogens is 162 g/mol. The van der Waals surface area contributed by atoms with Crippen molar-refractivity contribution in [2.45, 2.75) is 11.8 Å². The first-order valence-corrected chi connectivity index (χ1v) is 4.54. The van der Waals surface area contributed by atoms with Gasteiger partial charge in [0.25, 0.3) is 0 Å².